The molecule has 2 heterocycles. The van der Waals surface area contributed by atoms with Crippen LogP contribution in [0.4, 0.5) is 10.9 Å². The number of nitrogens with one attached hydrogen (secondary N) is 1. The number of carbonyl (C=O) groups excluding carboxylic acids is 1. The Bertz CT molecular complexity index is 797. The number of nitrogens with zero attached hydrogens (tertiary/aromatic N) is 2. The first kappa shape index (κ1) is 12.6. The standard InChI is InChI=1S/C14H12N4OS/c1-8-6-9-4-2-3-5-10(9)12(17-8)18-13(19)11-7-16-14(15)20-11/h2-7H,1H3,(H2,15,16)(H,17,18,19). The molecule has 0 aliphatic rings. The third kappa shape index (κ3) is 2.33. The number of hydrogen-bond donors (Lipinski definition) is 2. The molecule has 0 saturated carbocycles. The average Bonchev–Trinajstić information content (AvgIpc) is 2.85. The smallest absolute Gasteiger partial charge is 0.268 e. The fourth-order valence-electron chi connectivity index (χ4n) is 1.99. The topological polar surface area (TPSA) is 80.9 Å². The van der Waals surface area contributed by atoms with Gasteiger partial charge in [0.25, 0.3) is 5.91 Å². The van der Waals surface area contributed by atoms with Crippen molar-refractivity contribution in [1.82, 2.24) is 9.97 Å². The number of hydrogen-bond acceptors (Lipinski definition) is 5. The lowest BCUT2D eigenvalue weighted by Crippen LogP contribution is -2.12. The third-order valence-corrected chi connectivity index (χ3v) is 3.67. The molecule has 6 heteroatoms. The highest BCUT2D eigenvalue weighted by atomic mass is 32.1. The van der Waals surface area contributed by atoms with Crippen LogP contribution in [-0.2, 0) is 0 Å². The van der Waals surface area contributed by atoms with E-state index in [1.54, 1.807) is 0 Å². The van der Waals surface area contributed by atoms with Crippen molar-refractivity contribution in [3.8, 4) is 0 Å². The summed E-state index contributed by atoms with van der Waals surface area (Å²) in [5.74, 6) is 0.306. The molecule has 0 spiro atoms. The maximum Gasteiger partial charge on any atom is 0.268 e. The molecule has 0 unspecified atom stereocenters. The lowest BCUT2D eigenvalue weighted by Gasteiger charge is -2.08. The van der Waals surface area contributed by atoms with E-state index in [2.05, 4.69) is 15.3 Å². The van der Waals surface area contributed by atoms with Crippen LogP contribution >= 0.6 is 11.3 Å². The van der Waals surface area contributed by atoms with Gasteiger partial charge in [-0.3, -0.25) is 4.79 Å². The van der Waals surface area contributed by atoms with Gasteiger partial charge in [-0.05, 0) is 18.4 Å². The first-order chi connectivity index (χ1) is 9.63. The van der Waals surface area contributed by atoms with E-state index in [0.717, 1.165) is 27.8 Å². The molecule has 0 radical (unpaired) electrons. The fraction of sp³-hybridized carbons (Fsp3) is 0.0714. The molecule has 0 aliphatic carbocycles. The highest BCUT2D eigenvalue weighted by molar-refractivity contribution is 7.17. The van der Waals surface area contributed by atoms with Crippen molar-refractivity contribution in [3.63, 3.8) is 0 Å². The second kappa shape index (κ2) is 4.90. The molecule has 0 aliphatic heterocycles. The van der Waals surface area contributed by atoms with Crippen LogP contribution in [0.5, 0.6) is 0 Å². The fourth-order valence-corrected chi connectivity index (χ4v) is 2.57. The Labute approximate surface area is 119 Å². The van der Waals surface area contributed by atoms with Crippen LogP contribution in [0.2, 0.25) is 0 Å². The lowest BCUT2D eigenvalue weighted by atomic mass is 10.1. The molecule has 20 heavy (non-hydrogen) atoms. The minimum Gasteiger partial charge on any atom is -0.375 e. The van der Waals surface area contributed by atoms with Crippen LogP contribution in [0.1, 0.15) is 15.4 Å². The van der Waals surface area contributed by atoms with Gasteiger partial charge in [-0.2, -0.15) is 0 Å². The second-order valence-corrected chi connectivity index (χ2v) is 5.41. The van der Waals surface area contributed by atoms with Gasteiger partial charge in [0.1, 0.15) is 10.7 Å². The van der Waals surface area contributed by atoms with E-state index in [4.69, 9.17) is 5.73 Å². The van der Waals surface area contributed by atoms with Crippen molar-refractivity contribution >= 4 is 39.0 Å². The quantitative estimate of drug-likeness (QED) is 0.758. The number of thiazole rings is 1. The van der Waals surface area contributed by atoms with Crippen molar-refractivity contribution in [2.45, 2.75) is 6.92 Å². The summed E-state index contributed by atoms with van der Waals surface area (Å²) in [4.78, 5) is 20.9. The van der Waals surface area contributed by atoms with Crippen LogP contribution in [-0.4, -0.2) is 15.9 Å². The number of aryl methyl sites for hydroxylation is 1. The number of rotatable bonds is 2. The highest BCUT2D eigenvalue weighted by Gasteiger charge is 2.12. The monoisotopic (exact) mass is 284 g/mol. The highest BCUT2D eigenvalue weighted by Crippen LogP contribution is 2.23. The zero-order chi connectivity index (χ0) is 14.1. The summed E-state index contributed by atoms with van der Waals surface area (Å²) < 4.78 is 0. The summed E-state index contributed by atoms with van der Waals surface area (Å²) in [7, 11) is 0. The van der Waals surface area contributed by atoms with Gasteiger partial charge in [-0.25, -0.2) is 9.97 Å². The SMILES string of the molecule is Cc1cc2ccccc2c(NC(=O)c2cnc(N)s2)n1. The maximum atomic E-state index is 12.1. The van der Waals surface area contributed by atoms with Crippen molar-refractivity contribution in [2.24, 2.45) is 0 Å². The van der Waals surface area contributed by atoms with Gasteiger partial charge in [0.15, 0.2) is 5.13 Å². The maximum absolute atomic E-state index is 12.1. The first-order valence-electron chi connectivity index (χ1n) is 6.02. The molecule has 1 aromatic carbocycles. The molecular weight excluding hydrogens is 272 g/mol. The van der Waals surface area contributed by atoms with Crippen LogP contribution in [0.25, 0.3) is 10.8 Å². The Morgan fingerprint density at radius 3 is 2.90 bits per heavy atom. The minimum absolute atomic E-state index is 0.248. The summed E-state index contributed by atoms with van der Waals surface area (Å²) in [6.07, 6.45) is 1.47. The summed E-state index contributed by atoms with van der Waals surface area (Å²) in [5, 5.41) is 5.14. The average molecular weight is 284 g/mol. The zero-order valence-electron chi connectivity index (χ0n) is 10.8. The molecule has 0 atom stereocenters. The third-order valence-electron chi connectivity index (χ3n) is 2.85. The van der Waals surface area contributed by atoms with Gasteiger partial charge in [-0.1, -0.05) is 35.6 Å². The number of aromatic nitrogens is 2. The largest absolute Gasteiger partial charge is 0.375 e. The minimum atomic E-state index is -0.248. The summed E-state index contributed by atoms with van der Waals surface area (Å²) in [6, 6.07) is 9.77. The number of nitrogen functional groups attached to an aromatic ring is 1. The predicted octanol–water partition coefficient (Wildman–Crippen LogP) is 2.83. The van der Waals surface area contributed by atoms with Crippen LogP contribution in [0, 0.1) is 6.92 Å². The van der Waals surface area contributed by atoms with E-state index in [0.29, 0.717) is 15.8 Å². The Morgan fingerprint density at radius 1 is 1.35 bits per heavy atom. The molecule has 0 bridgehead atoms. The lowest BCUT2D eigenvalue weighted by molar-refractivity contribution is 0.103. The van der Waals surface area contributed by atoms with Crippen LogP contribution in [0.3, 0.4) is 0 Å². The normalized spacial score (nSPS) is 10.7. The molecule has 3 N–H and O–H groups in total. The van der Waals surface area contributed by atoms with E-state index in [1.807, 2.05) is 37.3 Å². The number of carbonyl (C=O) groups is 1. The van der Waals surface area contributed by atoms with Crippen molar-refractivity contribution in [1.29, 1.82) is 0 Å². The molecule has 100 valence electrons. The summed E-state index contributed by atoms with van der Waals surface area (Å²) in [5.41, 5.74) is 6.39. The van der Waals surface area contributed by atoms with Crippen LogP contribution < -0.4 is 11.1 Å². The van der Waals surface area contributed by atoms with Gasteiger partial charge >= 0.3 is 0 Å². The number of nitrogens with two attached hydrogens (primary N) is 1. The molecule has 1 amide bonds. The van der Waals surface area contributed by atoms with Gasteiger partial charge in [0.2, 0.25) is 0 Å². The number of amides is 1. The Balaban J connectivity index is 2.00. The second-order valence-electron chi connectivity index (χ2n) is 4.35. The van der Waals surface area contributed by atoms with Gasteiger partial charge < -0.3 is 11.1 Å². The molecule has 2 aromatic heterocycles. The predicted molar refractivity (Wildman–Crippen MR) is 81.0 cm³/mol. The molecule has 3 aromatic rings. The summed E-state index contributed by atoms with van der Waals surface area (Å²) in [6.45, 7) is 1.90. The number of benzene rings is 1. The van der Waals surface area contributed by atoms with E-state index in [-0.39, 0.29) is 5.91 Å². The first-order valence-corrected chi connectivity index (χ1v) is 6.84. The Hall–Kier alpha value is -2.47. The Morgan fingerprint density at radius 2 is 2.15 bits per heavy atom. The molecule has 3 rings (SSSR count). The van der Waals surface area contributed by atoms with Gasteiger partial charge in [-0.15, -0.1) is 0 Å². The van der Waals surface area contributed by atoms with E-state index in [1.165, 1.54) is 6.20 Å². The molecule has 0 saturated heterocycles. The van der Waals surface area contributed by atoms with Gasteiger partial charge in [0.05, 0.1) is 6.20 Å². The van der Waals surface area contributed by atoms with Crippen LogP contribution in [0.15, 0.2) is 36.5 Å². The molecule has 0 fully saturated rings. The van der Waals surface area contributed by atoms with E-state index < -0.39 is 0 Å². The number of pyridine rings is 1. The molecule has 5 nitrogen and oxygen atoms in total. The van der Waals surface area contributed by atoms with Crippen molar-refractivity contribution < 1.29 is 4.79 Å². The van der Waals surface area contributed by atoms with Crippen molar-refractivity contribution in [2.75, 3.05) is 11.1 Å². The van der Waals surface area contributed by atoms with E-state index in [9.17, 15) is 4.79 Å². The van der Waals surface area contributed by atoms with Gasteiger partial charge in [0, 0.05) is 11.1 Å². The van der Waals surface area contributed by atoms with Crippen molar-refractivity contribution in [3.05, 3.63) is 47.1 Å². The molecular formula is C14H12N4OS. The zero-order valence-corrected chi connectivity index (χ0v) is 11.6. The Kier molecular flexibility index (Phi) is 3.08. The number of fused-ring (bicyclic) bond motifs is 1. The summed E-state index contributed by atoms with van der Waals surface area (Å²) >= 11 is 1.15. The number of anilines is 2. The van der Waals surface area contributed by atoms with E-state index >= 15 is 0 Å².